The lowest BCUT2D eigenvalue weighted by Gasteiger charge is -2.31. The first-order valence-electron chi connectivity index (χ1n) is 8.40. The zero-order valence-electron chi connectivity index (χ0n) is 14.2. The van der Waals surface area contributed by atoms with Crippen LogP contribution in [0.3, 0.4) is 0 Å². The monoisotopic (exact) mass is 339 g/mol. The normalized spacial score (nSPS) is 15.6. The maximum Gasteiger partial charge on any atom is 0.227 e. The van der Waals surface area contributed by atoms with Crippen molar-refractivity contribution in [2.45, 2.75) is 25.3 Å². The van der Waals surface area contributed by atoms with Crippen LogP contribution in [-0.2, 0) is 13.6 Å². The van der Waals surface area contributed by atoms with Gasteiger partial charge in [-0.3, -0.25) is 4.68 Å². The molecule has 0 aromatic carbocycles. The predicted octanol–water partition coefficient (Wildman–Crippen LogP) is 0.816. The minimum absolute atomic E-state index is 0.390. The van der Waals surface area contributed by atoms with E-state index in [2.05, 4.69) is 34.7 Å². The van der Waals surface area contributed by atoms with Gasteiger partial charge in [-0.15, -0.1) is 10.2 Å². The molecule has 0 radical (unpaired) electrons. The molecule has 1 aliphatic rings. The zero-order chi connectivity index (χ0) is 17.2. The largest absolute Gasteiger partial charge is 0.384 e. The summed E-state index contributed by atoms with van der Waals surface area (Å²) < 4.78 is 3.95. The van der Waals surface area contributed by atoms with E-state index >= 15 is 0 Å². The van der Waals surface area contributed by atoms with E-state index in [0.717, 1.165) is 37.6 Å². The standard InChI is InChI=1S/C16H21N9/c1-23-14(11-25-8-2-6-19-25)21-22-15(23)12-4-9-24(10-5-12)16-18-7-3-13(17)20-16/h2-3,6-8,12H,4-5,9-11H2,1H3,(H2,17,18,20). The molecule has 0 unspecified atom stereocenters. The summed E-state index contributed by atoms with van der Waals surface area (Å²) in [6.07, 6.45) is 7.38. The fraction of sp³-hybridized carbons (Fsp3) is 0.438. The Bertz CT molecular complexity index is 831. The minimum atomic E-state index is 0.390. The van der Waals surface area contributed by atoms with E-state index < -0.39 is 0 Å². The third-order valence-electron chi connectivity index (χ3n) is 4.67. The number of hydrogen-bond donors (Lipinski definition) is 1. The number of aromatic nitrogens is 7. The van der Waals surface area contributed by atoms with Gasteiger partial charge in [0.25, 0.3) is 0 Å². The Morgan fingerprint density at radius 3 is 2.76 bits per heavy atom. The molecule has 25 heavy (non-hydrogen) atoms. The highest BCUT2D eigenvalue weighted by Gasteiger charge is 2.26. The van der Waals surface area contributed by atoms with E-state index in [-0.39, 0.29) is 0 Å². The molecular formula is C16H21N9. The molecule has 1 fully saturated rings. The summed E-state index contributed by atoms with van der Waals surface area (Å²) in [6, 6.07) is 3.61. The third-order valence-corrected chi connectivity index (χ3v) is 4.67. The molecule has 9 nitrogen and oxygen atoms in total. The van der Waals surface area contributed by atoms with Crippen LogP contribution in [0.25, 0.3) is 0 Å². The van der Waals surface area contributed by atoms with Crippen LogP contribution in [0, 0.1) is 0 Å². The lowest BCUT2D eigenvalue weighted by Crippen LogP contribution is -2.35. The summed E-state index contributed by atoms with van der Waals surface area (Å²) in [5.74, 6) is 3.55. The van der Waals surface area contributed by atoms with Gasteiger partial charge in [0.1, 0.15) is 18.2 Å². The Kier molecular flexibility index (Phi) is 4.04. The summed E-state index contributed by atoms with van der Waals surface area (Å²) >= 11 is 0. The number of nitrogens with zero attached hydrogens (tertiary/aromatic N) is 8. The van der Waals surface area contributed by atoms with Gasteiger partial charge < -0.3 is 15.2 Å². The maximum atomic E-state index is 5.76. The van der Waals surface area contributed by atoms with Gasteiger partial charge in [-0.1, -0.05) is 0 Å². The van der Waals surface area contributed by atoms with Gasteiger partial charge in [-0.2, -0.15) is 10.1 Å². The number of nitrogens with two attached hydrogens (primary N) is 1. The van der Waals surface area contributed by atoms with Crippen molar-refractivity contribution in [2.75, 3.05) is 23.7 Å². The first-order valence-corrected chi connectivity index (χ1v) is 8.40. The van der Waals surface area contributed by atoms with Crippen molar-refractivity contribution >= 4 is 11.8 Å². The van der Waals surface area contributed by atoms with Crippen molar-refractivity contribution in [1.29, 1.82) is 0 Å². The van der Waals surface area contributed by atoms with Gasteiger partial charge in [0.15, 0.2) is 5.82 Å². The molecule has 0 saturated carbocycles. The van der Waals surface area contributed by atoms with E-state index in [1.807, 2.05) is 24.0 Å². The maximum absolute atomic E-state index is 5.76. The van der Waals surface area contributed by atoms with Gasteiger partial charge in [0.05, 0.1) is 0 Å². The van der Waals surface area contributed by atoms with Crippen molar-refractivity contribution in [2.24, 2.45) is 7.05 Å². The average Bonchev–Trinajstić information content (AvgIpc) is 3.26. The van der Waals surface area contributed by atoms with Crippen LogP contribution < -0.4 is 10.6 Å². The van der Waals surface area contributed by atoms with Crippen LogP contribution in [0.1, 0.15) is 30.4 Å². The van der Waals surface area contributed by atoms with Crippen LogP contribution in [0.2, 0.25) is 0 Å². The summed E-state index contributed by atoms with van der Waals surface area (Å²) in [5, 5.41) is 13.0. The molecule has 1 saturated heterocycles. The fourth-order valence-electron chi connectivity index (χ4n) is 3.26. The minimum Gasteiger partial charge on any atom is -0.384 e. The van der Waals surface area contributed by atoms with Crippen LogP contribution in [0.15, 0.2) is 30.7 Å². The lowest BCUT2D eigenvalue weighted by atomic mass is 9.96. The molecule has 0 aliphatic carbocycles. The average molecular weight is 339 g/mol. The van der Waals surface area contributed by atoms with Gasteiger partial charge in [-0.25, -0.2) is 4.98 Å². The first-order chi connectivity index (χ1) is 12.2. The van der Waals surface area contributed by atoms with E-state index in [0.29, 0.717) is 24.2 Å². The second-order valence-corrected chi connectivity index (χ2v) is 6.28. The summed E-state index contributed by atoms with van der Waals surface area (Å²) in [6.45, 7) is 2.40. The first kappa shape index (κ1) is 15.6. The molecule has 0 amide bonds. The number of anilines is 2. The second-order valence-electron chi connectivity index (χ2n) is 6.28. The van der Waals surface area contributed by atoms with E-state index in [4.69, 9.17) is 5.73 Å². The van der Waals surface area contributed by atoms with Gasteiger partial charge in [0.2, 0.25) is 5.95 Å². The molecule has 130 valence electrons. The Hall–Kier alpha value is -2.97. The molecule has 4 rings (SSSR count). The molecular weight excluding hydrogens is 318 g/mol. The van der Waals surface area contributed by atoms with Crippen LogP contribution in [-0.4, -0.2) is 47.6 Å². The number of piperidine rings is 1. The zero-order valence-corrected chi connectivity index (χ0v) is 14.2. The highest BCUT2D eigenvalue weighted by atomic mass is 15.3. The van der Waals surface area contributed by atoms with Crippen LogP contribution >= 0.6 is 0 Å². The van der Waals surface area contributed by atoms with Crippen LogP contribution in [0.4, 0.5) is 11.8 Å². The van der Waals surface area contributed by atoms with Crippen LogP contribution in [0.5, 0.6) is 0 Å². The molecule has 9 heteroatoms. The highest BCUT2D eigenvalue weighted by Crippen LogP contribution is 2.28. The Balaban J connectivity index is 1.43. The quantitative estimate of drug-likeness (QED) is 0.750. The Labute approximate surface area is 145 Å². The second kappa shape index (κ2) is 6.50. The van der Waals surface area contributed by atoms with Crippen molar-refractivity contribution in [3.05, 3.63) is 42.4 Å². The molecule has 3 aromatic rings. The number of hydrogen-bond acceptors (Lipinski definition) is 7. The van der Waals surface area contributed by atoms with Gasteiger partial charge in [-0.05, 0) is 25.0 Å². The van der Waals surface area contributed by atoms with Crippen molar-refractivity contribution in [3.8, 4) is 0 Å². The van der Waals surface area contributed by atoms with Crippen molar-refractivity contribution in [3.63, 3.8) is 0 Å². The topological polar surface area (TPSA) is 104 Å². The summed E-state index contributed by atoms with van der Waals surface area (Å²) in [7, 11) is 2.03. The van der Waals surface area contributed by atoms with Gasteiger partial charge >= 0.3 is 0 Å². The Morgan fingerprint density at radius 2 is 2.04 bits per heavy atom. The molecule has 0 spiro atoms. The number of rotatable bonds is 4. The van der Waals surface area contributed by atoms with E-state index in [1.165, 1.54) is 0 Å². The molecule has 0 bridgehead atoms. The van der Waals surface area contributed by atoms with E-state index in [9.17, 15) is 0 Å². The highest BCUT2D eigenvalue weighted by molar-refractivity contribution is 5.38. The third kappa shape index (κ3) is 3.17. The molecule has 3 aromatic heterocycles. The molecule has 1 aliphatic heterocycles. The Morgan fingerprint density at radius 1 is 1.20 bits per heavy atom. The molecule has 0 atom stereocenters. The molecule has 2 N–H and O–H groups in total. The smallest absolute Gasteiger partial charge is 0.227 e. The van der Waals surface area contributed by atoms with E-state index in [1.54, 1.807) is 18.5 Å². The lowest BCUT2D eigenvalue weighted by molar-refractivity contribution is 0.467. The summed E-state index contributed by atoms with van der Waals surface area (Å²) in [4.78, 5) is 10.8. The summed E-state index contributed by atoms with van der Waals surface area (Å²) in [5.41, 5.74) is 5.76. The predicted molar refractivity (Wildman–Crippen MR) is 93.0 cm³/mol. The van der Waals surface area contributed by atoms with Crippen molar-refractivity contribution in [1.82, 2.24) is 34.5 Å². The van der Waals surface area contributed by atoms with Gasteiger partial charge in [0, 0.05) is 44.6 Å². The SMILES string of the molecule is Cn1c(Cn2cccn2)nnc1C1CCN(c2nccc(N)n2)CC1. The fourth-order valence-corrected chi connectivity index (χ4v) is 3.26. The van der Waals surface area contributed by atoms with Crippen molar-refractivity contribution < 1.29 is 0 Å². The number of nitrogen functional groups attached to an aromatic ring is 1. The molecule has 4 heterocycles.